The third-order valence-electron chi connectivity index (χ3n) is 2.49. The number of hydrogen-bond acceptors (Lipinski definition) is 5. The number of pyridine rings is 1. The van der Waals surface area contributed by atoms with Gasteiger partial charge in [-0.1, -0.05) is 11.6 Å². The molecule has 0 radical (unpaired) electrons. The van der Waals surface area contributed by atoms with Gasteiger partial charge in [-0.15, -0.1) is 0 Å². The van der Waals surface area contributed by atoms with Crippen molar-refractivity contribution in [1.29, 1.82) is 0 Å². The topological polar surface area (TPSA) is 94.3 Å². The van der Waals surface area contributed by atoms with Crippen LogP contribution in [0, 0.1) is 0 Å². The number of aromatic nitrogens is 1. The zero-order valence-electron chi connectivity index (χ0n) is 10.5. The van der Waals surface area contributed by atoms with Gasteiger partial charge >= 0.3 is 0 Å². The number of nitrogens with one attached hydrogen (secondary N) is 1. The maximum Gasteiger partial charge on any atom is 0.263 e. The fourth-order valence-electron chi connectivity index (χ4n) is 1.57. The number of benzene rings is 1. The van der Waals surface area contributed by atoms with Crippen LogP contribution in [0.2, 0.25) is 5.15 Å². The number of rotatable bonds is 4. The fraction of sp³-hybridized carbons (Fsp3) is 0.0833. The van der Waals surface area contributed by atoms with Gasteiger partial charge in [0.15, 0.2) is 0 Å². The lowest BCUT2D eigenvalue weighted by atomic mass is 10.3. The summed E-state index contributed by atoms with van der Waals surface area (Å²) in [4.78, 5) is 3.74. The van der Waals surface area contributed by atoms with E-state index in [1.165, 1.54) is 43.6 Å². The number of methoxy groups -OCH3 is 1. The van der Waals surface area contributed by atoms with Gasteiger partial charge in [0.1, 0.15) is 15.8 Å². The Hall–Kier alpha value is -1.99. The van der Waals surface area contributed by atoms with Gasteiger partial charge in [-0.3, -0.25) is 4.72 Å². The lowest BCUT2D eigenvalue weighted by Crippen LogP contribution is -2.14. The lowest BCUT2D eigenvalue weighted by Gasteiger charge is -2.11. The van der Waals surface area contributed by atoms with E-state index in [2.05, 4.69) is 9.71 Å². The summed E-state index contributed by atoms with van der Waals surface area (Å²) in [5.41, 5.74) is 6.13. The molecule has 0 atom stereocenters. The summed E-state index contributed by atoms with van der Waals surface area (Å²) in [6.07, 6.45) is 1.40. The summed E-state index contributed by atoms with van der Waals surface area (Å²) in [6, 6.07) is 7.22. The van der Waals surface area contributed by atoms with Crippen molar-refractivity contribution in [3.8, 4) is 5.75 Å². The van der Waals surface area contributed by atoms with E-state index < -0.39 is 10.0 Å². The summed E-state index contributed by atoms with van der Waals surface area (Å²) in [6.45, 7) is 0. The molecule has 0 saturated carbocycles. The molecule has 0 aliphatic carbocycles. The second-order valence-electron chi connectivity index (χ2n) is 3.88. The Balaban J connectivity index is 2.36. The van der Waals surface area contributed by atoms with Crippen LogP contribution in [0.1, 0.15) is 0 Å². The number of nitrogen functional groups attached to an aromatic ring is 1. The zero-order valence-corrected chi connectivity index (χ0v) is 12.1. The van der Waals surface area contributed by atoms with Crippen LogP contribution in [0.25, 0.3) is 0 Å². The predicted molar refractivity (Wildman–Crippen MR) is 77.5 cm³/mol. The molecule has 0 fully saturated rings. The highest BCUT2D eigenvalue weighted by Crippen LogP contribution is 2.26. The standard InChI is InChI=1S/C12H12ClN3O3S/c1-19-9-2-3-11(10(14)7-9)20(17,18)16-8-4-5-15-12(13)6-8/h2-7H,14H2,1H3,(H,15,16). The average molecular weight is 314 g/mol. The van der Waals surface area contributed by atoms with Crippen molar-refractivity contribution in [1.82, 2.24) is 4.98 Å². The molecule has 1 aromatic heterocycles. The third kappa shape index (κ3) is 3.12. The van der Waals surface area contributed by atoms with Crippen LogP contribution in [-0.2, 0) is 10.0 Å². The zero-order chi connectivity index (χ0) is 14.8. The molecule has 20 heavy (non-hydrogen) atoms. The SMILES string of the molecule is COc1ccc(S(=O)(=O)Nc2ccnc(Cl)c2)c(N)c1. The molecular weight excluding hydrogens is 302 g/mol. The number of nitrogens with zero attached hydrogens (tertiary/aromatic N) is 1. The van der Waals surface area contributed by atoms with Gasteiger partial charge in [-0.2, -0.15) is 0 Å². The first-order valence-corrected chi connectivity index (χ1v) is 7.36. The number of hydrogen-bond donors (Lipinski definition) is 2. The Morgan fingerprint density at radius 3 is 2.65 bits per heavy atom. The van der Waals surface area contributed by atoms with Crippen LogP contribution in [-0.4, -0.2) is 20.5 Å². The summed E-state index contributed by atoms with van der Waals surface area (Å²) in [7, 11) is -2.33. The minimum atomic E-state index is -3.80. The maximum absolute atomic E-state index is 12.2. The van der Waals surface area contributed by atoms with Crippen LogP contribution >= 0.6 is 11.6 Å². The van der Waals surface area contributed by atoms with E-state index in [1.54, 1.807) is 0 Å². The monoisotopic (exact) mass is 313 g/mol. The molecule has 2 rings (SSSR count). The normalized spacial score (nSPS) is 11.1. The molecule has 106 valence electrons. The average Bonchev–Trinajstić information content (AvgIpc) is 2.37. The lowest BCUT2D eigenvalue weighted by molar-refractivity contribution is 0.414. The van der Waals surface area contributed by atoms with Crippen molar-refractivity contribution < 1.29 is 13.2 Å². The first kappa shape index (κ1) is 14.4. The molecule has 0 unspecified atom stereocenters. The van der Waals surface area contributed by atoms with Gasteiger partial charge in [0, 0.05) is 12.3 Å². The van der Waals surface area contributed by atoms with Crippen molar-refractivity contribution in [2.75, 3.05) is 17.6 Å². The summed E-state index contributed by atoms with van der Waals surface area (Å²) in [5, 5.41) is 0.188. The summed E-state index contributed by atoms with van der Waals surface area (Å²) in [5.74, 6) is 0.480. The Kier molecular flexibility index (Phi) is 4.01. The molecule has 1 heterocycles. The van der Waals surface area contributed by atoms with Gasteiger partial charge in [-0.05, 0) is 24.3 Å². The van der Waals surface area contributed by atoms with Crippen LogP contribution in [0.3, 0.4) is 0 Å². The molecule has 0 spiro atoms. The second-order valence-corrected chi connectivity index (χ2v) is 5.91. The Morgan fingerprint density at radius 1 is 1.30 bits per heavy atom. The van der Waals surface area contributed by atoms with Crippen LogP contribution in [0.4, 0.5) is 11.4 Å². The minimum absolute atomic E-state index is 0.0359. The largest absolute Gasteiger partial charge is 0.497 e. The molecular formula is C12H12ClN3O3S. The Bertz CT molecular complexity index is 734. The van der Waals surface area contributed by atoms with Crippen molar-refractivity contribution in [2.24, 2.45) is 0 Å². The predicted octanol–water partition coefficient (Wildman–Crippen LogP) is 2.13. The van der Waals surface area contributed by atoms with Crippen LogP contribution < -0.4 is 15.2 Å². The number of sulfonamides is 1. The summed E-state index contributed by atoms with van der Waals surface area (Å²) >= 11 is 5.70. The van der Waals surface area contributed by atoms with E-state index in [-0.39, 0.29) is 15.7 Å². The molecule has 0 aliphatic heterocycles. The smallest absolute Gasteiger partial charge is 0.263 e. The Labute approximate surface area is 121 Å². The van der Waals surface area contributed by atoms with Gasteiger partial charge in [0.05, 0.1) is 18.5 Å². The molecule has 3 N–H and O–H groups in total. The van der Waals surface area contributed by atoms with E-state index in [0.717, 1.165) is 0 Å². The number of halogens is 1. The van der Waals surface area contributed by atoms with Crippen molar-refractivity contribution in [2.45, 2.75) is 4.90 Å². The third-order valence-corrected chi connectivity index (χ3v) is 4.15. The van der Waals surface area contributed by atoms with Crippen LogP contribution in [0.15, 0.2) is 41.4 Å². The molecule has 0 aliphatic rings. The van der Waals surface area contributed by atoms with E-state index >= 15 is 0 Å². The van der Waals surface area contributed by atoms with E-state index in [9.17, 15) is 8.42 Å². The molecule has 1 aromatic carbocycles. The molecule has 0 amide bonds. The quantitative estimate of drug-likeness (QED) is 0.666. The molecule has 6 nitrogen and oxygen atoms in total. The number of anilines is 2. The van der Waals surface area contributed by atoms with Gasteiger partial charge in [-0.25, -0.2) is 13.4 Å². The van der Waals surface area contributed by atoms with Gasteiger partial charge in [0.25, 0.3) is 10.0 Å². The number of ether oxygens (including phenoxy) is 1. The highest BCUT2D eigenvalue weighted by Gasteiger charge is 2.18. The maximum atomic E-state index is 12.2. The number of nitrogens with two attached hydrogens (primary N) is 1. The van der Waals surface area contributed by atoms with Crippen molar-refractivity contribution in [3.63, 3.8) is 0 Å². The van der Waals surface area contributed by atoms with Crippen molar-refractivity contribution >= 4 is 33.0 Å². The first-order valence-electron chi connectivity index (χ1n) is 5.50. The molecule has 0 saturated heterocycles. The van der Waals surface area contributed by atoms with Crippen LogP contribution in [0.5, 0.6) is 5.75 Å². The molecule has 2 aromatic rings. The minimum Gasteiger partial charge on any atom is -0.497 e. The first-order chi connectivity index (χ1) is 9.42. The Morgan fingerprint density at radius 2 is 2.05 bits per heavy atom. The fourth-order valence-corrected chi connectivity index (χ4v) is 2.91. The summed E-state index contributed by atoms with van der Waals surface area (Å²) < 4.78 is 31.8. The van der Waals surface area contributed by atoms with Gasteiger partial charge in [0.2, 0.25) is 0 Å². The second kappa shape index (κ2) is 5.56. The highest BCUT2D eigenvalue weighted by atomic mass is 35.5. The molecule has 0 bridgehead atoms. The molecule has 8 heteroatoms. The highest BCUT2D eigenvalue weighted by molar-refractivity contribution is 7.92. The van der Waals surface area contributed by atoms with Gasteiger partial charge < -0.3 is 10.5 Å². The van der Waals surface area contributed by atoms with E-state index in [4.69, 9.17) is 22.1 Å². The van der Waals surface area contributed by atoms with E-state index in [1.807, 2.05) is 0 Å². The van der Waals surface area contributed by atoms with Crippen molar-refractivity contribution in [3.05, 3.63) is 41.7 Å². The van der Waals surface area contributed by atoms with E-state index in [0.29, 0.717) is 11.4 Å².